The van der Waals surface area contributed by atoms with E-state index in [0.717, 1.165) is 0 Å². The Balaban J connectivity index is 2.60. The zero-order valence-electron chi connectivity index (χ0n) is 8.37. The van der Waals surface area contributed by atoms with Crippen LogP contribution >= 0.6 is 39.7 Å². The van der Waals surface area contributed by atoms with Crippen molar-refractivity contribution in [3.05, 3.63) is 22.8 Å². The number of halogens is 2. The Labute approximate surface area is 113 Å². The molecule has 6 heteroatoms. The predicted molar refractivity (Wildman–Crippen MR) is 72.0 cm³/mol. The van der Waals surface area contributed by atoms with Crippen molar-refractivity contribution in [2.24, 2.45) is 0 Å². The summed E-state index contributed by atoms with van der Waals surface area (Å²) in [5.74, 6) is -0.295. The lowest BCUT2D eigenvalue weighted by Gasteiger charge is -2.13. The minimum Gasteiger partial charge on any atom is -0.390 e. The molecule has 0 saturated heterocycles. The monoisotopic (exact) mass is 323 g/mol. The zero-order chi connectivity index (χ0) is 12.1. The van der Waals surface area contributed by atoms with Crippen molar-refractivity contribution in [1.82, 2.24) is 5.32 Å². The van der Waals surface area contributed by atoms with E-state index in [-0.39, 0.29) is 12.5 Å². The summed E-state index contributed by atoms with van der Waals surface area (Å²) in [4.78, 5) is 12.3. The number of rotatable bonds is 4. The lowest BCUT2D eigenvalue weighted by atomic mass is 10.0. The molecule has 3 nitrogen and oxygen atoms in total. The smallest absolute Gasteiger partial charge is 0.252 e. The van der Waals surface area contributed by atoms with Gasteiger partial charge in [-0.1, -0.05) is 45.8 Å². The SMILES string of the molecule is O=C(NC[C@H](O)CBr)C1=CC(Cl)=CCC1=S. The van der Waals surface area contributed by atoms with E-state index in [4.69, 9.17) is 23.8 Å². The molecule has 0 radical (unpaired) electrons. The van der Waals surface area contributed by atoms with E-state index >= 15 is 0 Å². The molecule has 0 fully saturated rings. The number of amides is 1. The van der Waals surface area contributed by atoms with Crippen molar-refractivity contribution in [3.8, 4) is 0 Å². The summed E-state index contributed by atoms with van der Waals surface area (Å²) in [6.45, 7) is 0.186. The fourth-order valence-electron chi connectivity index (χ4n) is 1.13. The van der Waals surface area contributed by atoms with Crippen LogP contribution in [0.2, 0.25) is 0 Å². The highest BCUT2D eigenvalue weighted by Crippen LogP contribution is 2.18. The van der Waals surface area contributed by atoms with Gasteiger partial charge in [0.15, 0.2) is 0 Å². The van der Waals surface area contributed by atoms with Crippen molar-refractivity contribution in [1.29, 1.82) is 0 Å². The first-order valence-electron chi connectivity index (χ1n) is 4.67. The number of thiocarbonyl (C=S) groups is 1. The van der Waals surface area contributed by atoms with Gasteiger partial charge < -0.3 is 10.4 Å². The molecule has 0 aliphatic heterocycles. The largest absolute Gasteiger partial charge is 0.390 e. The van der Waals surface area contributed by atoms with Crippen molar-refractivity contribution >= 4 is 50.5 Å². The molecule has 0 aromatic carbocycles. The van der Waals surface area contributed by atoms with Gasteiger partial charge in [0.1, 0.15) is 0 Å². The Morgan fingerprint density at radius 1 is 1.75 bits per heavy atom. The van der Waals surface area contributed by atoms with E-state index in [2.05, 4.69) is 21.2 Å². The number of carbonyl (C=O) groups excluding carboxylic acids is 1. The Morgan fingerprint density at radius 2 is 2.44 bits per heavy atom. The van der Waals surface area contributed by atoms with Gasteiger partial charge in [0.25, 0.3) is 5.91 Å². The number of hydrogen-bond acceptors (Lipinski definition) is 3. The molecule has 16 heavy (non-hydrogen) atoms. The summed E-state index contributed by atoms with van der Waals surface area (Å²) in [6, 6.07) is 0. The number of allylic oxidation sites excluding steroid dienone is 3. The molecule has 1 atom stereocenters. The Bertz CT molecular complexity index is 368. The molecule has 1 rings (SSSR count). The highest BCUT2D eigenvalue weighted by atomic mass is 79.9. The highest BCUT2D eigenvalue weighted by molar-refractivity contribution is 9.09. The van der Waals surface area contributed by atoms with Gasteiger partial charge in [0.05, 0.1) is 11.7 Å². The lowest BCUT2D eigenvalue weighted by Crippen LogP contribution is -2.35. The van der Waals surface area contributed by atoms with Gasteiger partial charge in [-0.3, -0.25) is 4.79 Å². The first-order chi connectivity index (χ1) is 7.54. The fraction of sp³-hybridized carbons (Fsp3) is 0.400. The van der Waals surface area contributed by atoms with Gasteiger partial charge in [0.2, 0.25) is 0 Å². The molecular weight excluding hydrogens is 314 g/mol. The molecule has 2 N–H and O–H groups in total. The normalized spacial score (nSPS) is 17.6. The van der Waals surface area contributed by atoms with Crippen LogP contribution in [0, 0.1) is 0 Å². The summed E-state index contributed by atoms with van der Waals surface area (Å²) in [5, 5.41) is 12.8. The van der Waals surface area contributed by atoms with E-state index in [1.54, 1.807) is 12.2 Å². The maximum atomic E-state index is 11.7. The van der Waals surface area contributed by atoms with Crippen molar-refractivity contribution in [3.63, 3.8) is 0 Å². The van der Waals surface area contributed by atoms with Gasteiger partial charge >= 0.3 is 0 Å². The Hall–Kier alpha value is -0.230. The van der Waals surface area contributed by atoms with Crippen LogP contribution < -0.4 is 5.32 Å². The van der Waals surface area contributed by atoms with Crippen LogP contribution in [0.5, 0.6) is 0 Å². The van der Waals surface area contributed by atoms with Gasteiger partial charge in [-0.15, -0.1) is 0 Å². The molecule has 1 amide bonds. The maximum absolute atomic E-state index is 11.7. The minimum atomic E-state index is -0.604. The molecule has 0 unspecified atom stereocenters. The Morgan fingerprint density at radius 3 is 3.06 bits per heavy atom. The van der Waals surface area contributed by atoms with Crippen LogP contribution in [0.1, 0.15) is 6.42 Å². The average molecular weight is 325 g/mol. The van der Waals surface area contributed by atoms with Crippen LogP contribution in [0.3, 0.4) is 0 Å². The molecular formula is C10H11BrClNO2S. The molecule has 0 spiro atoms. The topological polar surface area (TPSA) is 49.3 Å². The second-order valence-electron chi connectivity index (χ2n) is 3.29. The van der Waals surface area contributed by atoms with Crippen molar-refractivity contribution in [2.75, 3.05) is 11.9 Å². The summed E-state index contributed by atoms with van der Waals surface area (Å²) in [5.41, 5.74) is 0.407. The molecule has 1 aliphatic carbocycles. The first kappa shape index (κ1) is 13.8. The number of nitrogens with one attached hydrogen (secondary N) is 1. The summed E-state index contributed by atoms with van der Waals surface area (Å²) < 4.78 is 0. The maximum Gasteiger partial charge on any atom is 0.252 e. The van der Waals surface area contributed by atoms with E-state index in [1.165, 1.54) is 0 Å². The Kier molecular flexibility index (Phi) is 5.61. The van der Waals surface area contributed by atoms with Crippen LogP contribution in [-0.4, -0.2) is 33.9 Å². The van der Waals surface area contributed by atoms with Gasteiger partial charge in [-0.05, 0) is 6.08 Å². The van der Waals surface area contributed by atoms with Crippen molar-refractivity contribution < 1.29 is 9.90 Å². The molecule has 88 valence electrons. The molecule has 0 heterocycles. The molecule has 0 aromatic rings. The molecule has 0 bridgehead atoms. The minimum absolute atomic E-state index is 0.186. The van der Waals surface area contributed by atoms with Crippen molar-refractivity contribution in [2.45, 2.75) is 12.5 Å². The first-order valence-corrected chi connectivity index (χ1v) is 6.58. The van der Waals surface area contributed by atoms with E-state index in [9.17, 15) is 9.90 Å². The van der Waals surface area contributed by atoms with Crippen LogP contribution in [0.4, 0.5) is 0 Å². The van der Waals surface area contributed by atoms with Gasteiger partial charge in [-0.2, -0.15) is 0 Å². The second-order valence-corrected chi connectivity index (χ2v) is 4.87. The highest BCUT2D eigenvalue weighted by Gasteiger charge is 2.17. The number of carbonyl (C=O) groups is 1. The summed E-state index contributed by atoms with van der Waals surface area (Å²) in [7, 11) is 0. The third kappa shape index (κ3) is 3.97. The third-order valence-electron chi connectivity index (χ3n) is 1.99. The summed E-state index contributed by atoms with van der Waals surface area (Å²) >= 11 is 14.0. The van der Waals surface area contributed by atoms with Crippen LogP contribution in [0.25, 0.3) is 0 Å². The average Bonchev–Trinajstić information content (AvgIpc) is 2.28. The van der Waals surface area contributed by atoms with Gasteiger partial charge in [-0.25, -0.2) is 0 Å². The quantitative estimate of drug-likeness (QED) is 0.611. The number of aliphatic hydroxyl groups is 1. The number of hydrogen-bond donors (Lipinski definition) is 2. The zero-order valence-corrected chi connectivity index (χ0v) is 11.5. The van der Waals surface area contributed by atoms with E-state index in [1.807, 2.05) is 0 Å². The standard InChI is InChI=1S/C10H11BrClNO2S/c11-4-7(14)5-13-10(15)8-3-6(12)1-2-9(8)16/h1,3,7,14H,2,4-5H2,(H,13,15)/t7-/m1/s1. The number of alkyl halides is 1. The molecule has 0 saturated carbocycles. The predicted octanol–water partition coefficient (Wildman–Crippen LogP) is 1.68. The lowest BCUT2D eigenvalue weighted by molar-refractivity contribution is -0.117. The van der Waals surface area contributed by atoms with Crippen LogP contribution in [-0.2, 0) is 4.79 Å². The van der Waals surface area contributed by atoms with E-state index < -0.39 is 6.10 Å². The molecule has 0 aromatic heterocycles. The number of aliphatic hydroxyl groups excluding tert-OH is 1. The third-order valence-corrected chi connectivity index (χ3v) is 3.38. The van der Waals surface area contributed by atoms with Crippen LogP contribution in [0.15, 0.2) is 22.8 Å². The molecule has 1 aliphatic rings. The van der Waals surface area contributed by atoms with E-state index in [0.29, 0.717) is 27.2 Å². The van der Waals surface area contributed by atoms with Gasteiger partial charge in [0, 0.05) is 28.2 Å². The second kappa shape index (κ2) is 6.49. The fourth-order valence-corrected chi connectivity index (χ4v) is 1.78. The summed E-state index contributed by atoms with van der Waals surface area (Å²) in [6.07, 6.45) is 3.21.